The lowest BCUT2D eigenvalue weighted by Crippen LogP contribution is -2.36. The number of hydrogen-bond donors (Lipinski definition) is 2. The number of carbonyl (C=O) groups is 1. The van der Waals surface area contributed by atoms with Gasteiger partial charge in [0.1, 0.15) is 5.75 Å². The first-order valence-electron chi connectivity index (χ1n) is 9.41. The van der Waals surface area contributed by atoms with Gasteiger partial charge in [-0.1, -0.05) is 6.92 Å². The summed E-state index contributed by atoms with van der Waals surface area (Å²) in [4.78, 5) is 14.3. The molecule has 152 valence electrons. The highest BCUT2D eigenvalue weighted by Gasteiger charge is 2.34. The van der Waals surface area contributed by atoms with Gasteiger partial charge in [-0.15, -0.1) is 0 Å². The second-order valence-electron chi connectivity index (χ2n) is 6.90. The number of anilines is 1. The van der Waals surface area contributed by atoms with Crippen molar-refractivity contribution in [2.45, 2.75) is 39.3 Å². The molecule has 0 aliphatic carbocycles. The zero-order valence-electron chi connectivity index (χ0n) is 15.9. The monoisotopic (exact) mass is 387 g/mol. The van der Waals surface area contributed by atoms with E-state index in [1.165, 1.54) is 25.0 Å². The van der Waals surface area contributed by atoms with Crippen molar-refractivity contribution in [1.82, 2.24) is 10.2 Å². The first kappa shape index (κ1) is 21.3. The fourth-order valence-corrected chi connectivity index (χ4v) is 3.08. The number of alkyl halides is 3. The number of benzene rings is 1. The van der Waals surface area contributed by atoms with Crippen LogP contribution in [0.2, 0.25) is 0 Å². The summed E-state index contributed by atoms with van der Waals surface area (Å²) in [6.45, 7) is 7.63. The quantitative estimate of drug-likeness (QED) is 0.684. The Hall–Kier alpha value is -1.96. The molecular formula is C19H28F3N3O2. The van der Waals surface area contributed by atoms with Gasteiger partial charge in [0.25, 0.3) is 0 Å². The molecule has 0 aromatic heterocycles. The molecule has 0 saturated carbocycles. The topological polar surface area (TPSA) is 53.6 Å². The molecule has 0 atom stereocenters. The number of piperidine rings is 1. The standard InChI is InChI=1S/C19H28F3N3O2/c1-3-27-15-5-6-17(16(13-15)19(20,21)22)24-18(26)23-9-4-10-25-11-7-14(2)8-12-25/h5-6,13-14H,3-4,7-12H2,1-2H3,(H2,23,24,26). The Morgan fingerprint density at radius 3 is 2.63 bits per heavy atom. The van der Waals surface area contributed by atoms with Crippen LogP contribution in [0.4, 0.5) is 23.7 Å². The number of hydrogen-bond acceptors (Lipinski definition) is 3. The maximum absolute atomic E-state index is 13.2. The van der Waals surface area contributed by atoms with Crippen molar-refractivity contribution in [3.63, 3.8) is 0 Å². The number of urea groups is 1. The number of likely N-dealkylation sites (tertiary alicyclic amines) is 1. The fraction of sp³-hybridized carbons (Fsp3) is 0.632. The Morgan fingerprint density at radius 2 is 2.00 bits per heavy atom. The zero-order chi connectivity index (χ0) is 19.9. The van der Waals surface area contributed by atoms with E-state index in [1.54, 1.807) is 6.92 Å². The molecule has 1 heterocycles. The highest BCUT2D eigenvalue weighted by atomic mass is 19.4. The third kappa shape index (κ3) is 6.93. The van der Waals surface area contributed by atoms with Crippen LogP contribution in [-0.2, 0) is 6.18 Å². The summed E-state index contributed by atoms with van der Waals surface area (Å²) >= 11 is 0. The normalized spacial score (nSPS) is 16.2. The Bertz CT molecular complexity index is 615. The minimum Gasteiger partial charge on any atom is -0.494 e. The summed E-state index contributed by atoms with van der Waals surface area (Å²) in [5, 5.41) is 4.91. The number of nitrogens with zero attached hydrogens (tertiary/aromatic N) is 1. The van der Waals surface area contributed by atoms with E-state index < -0.39 is 17.8 Å². The van der Waals surface area contributed by atoms with Gasteiger partial charge < -0.3 is 20.3 Å². The van der Waals surface area contributed by atoms with Gasteiger partial charge in [-0.05, 0) is 69.9 Å². The first-order chi connectivity index (χ1) is 12.8. The number of amides is 2. The average molecular weight is 387 g/mol. The van der Waals surface area contributed by atoms with Gasteiger partial charge in [0, 0.05) is 6.54 Å². The van der Waals surface area contributed by atoms with E-state index in [0.717, 1.165) is 38.0 Å². The molecule has 2 N–H and O–H groups in total. The Morgan fingerprint density at radius 1 is 1.30 bits per heavy atom. The maximum Gasteiger partial charge on any atom is 0.418 e. The Balaban J connectivity index is 1.82. The fourth-order valence-electron chi connectivity index (χ4n) is 3.08. The van der Waals surface area contributed by atoms with E-state index in [-0.39, 0.29) is 18.0 Å². The van der Waals surface area contributed by atoms with Crippen LogP contribution in [0, 0.1) is 5.92 Å². The second kappa shape index (κ2) is 9.82. The lowest BCUT2D eigenvalue weighted by molar-refractivity contribution is -0.137. The largest absolute Gasteiger partial charge is 0.494 e. The predicted molar refractivity (Wildman–Crippen MR) is 99.1 cm³/mol. The molecule has 1 aromatic carbocycles. The molecule has 27 heavy (non-hydrogen) atoms. The molecule has 1 aliphatic heterocycles. The Kier molecular flexibility index (Phi) is 7.77. The van der Waals surface area contributed by atoms with Gasteiger partial charge in [-0.25, -0.2) is 4.79 Å². The summed E-state index contributed by atoms with van der Waals surface area (Å²) in [7, 11) is 0. The average Bonchev–Trinajstić information content (AvgIpc) is 2.61. The van der Waals surface area contributed by atoms with Gasteiger partial charge in [-0.2, -0.15) is 13.2 Å². The molecule has 0 spiro atoms. The van der Waals surface area contributed by atoms with Crippen molar-refractivity contribution in [3.8, 4) is 5.75 Å². The zero-order valence-corrected chi connectivity index (χ0v) is 15.9. The minimum atomic E-state index is -4.58. The highest BCUT2D eigenvalue weighted by Crippen LogP contribution is 2.37. The molecule has 1 fully saturated rings. The molecule has 0 bridgehead atoms. The van der Waals surface area contributed by atoms with Crippen LogP contribution >= 0.6 is 0 Å². The molecule has 5 nitrogen and oxygen atoms in total. The Labute approximate surface area is 158 Å². The van der Waals surface area contributed by atoms with Gasteiger partial charge in [0.15, 0.2) is 0 Å². The molecule has 2 amide bonds. The van der Waals surface area contributed by atoms with Gasteiger partial charge in [-0.3, -0.25) is 0 Å². The smallest absolute Gasteiger partial charge is 0.418 e. The SMILES string of the molecule is CCOc1ccc(NC(=O)NCCCN2CCC(C)CC2)c(C(F)(F)F)c1. The van der Waals surface area contributed by atoms with Crippen molar-refractivity contribution in [1.29, 1.82) is 0 Å². The number of nitrogens with one attached hydrogen (secondary N) is 2. The number of halogens is 3. The van der Waals surface area contributed by atoms with Crippen LogP contribution in [0.15, 0.2) is 18.2 Å². The van der Waals surface area contributed by atoms with Crippen molar-refractivity contribution in [2.24, 2.45) is 5.92 Å². The van der Waals surface area contributed by atoms with Crippen molar-refractivity contribution in [2.75, 3.05) is 38.1 Å². The minimum absolute atomic E-state index is 0.117. The van der Waals surface area contributed by atoms with Crippen LogP contribution in [0.3, 0.4) is 0 Å². The summed E-state index contributed by atoms with van der Waals surface area (Å²) in [6, 6.07) is 2.88. The van der Waals surface area contributed by atoms with Crippen LogP contribution in [0.5, 0.6) is 5.75 Å². The van der Waals surface area contributed by atoms with Crippen molar-refractivity contribution >= 4 is 11.7 Å². The first-order valence-corrected chi connectivity index (χ1v) is 9.41. The van der Waals surface area contributed by atoms with E-state index in [2.05, 4.69) is 22.5 Å². The summed E-state index contributed by atoms with van der Waals surface area (Å²) in [6.07, 6.45) is -1.45. The molecule has 8 heteroatoms. The van der Waals surface area contributed by atoms with E-state index in [0.29, 0.717) is 6.54 Å². The molecular weight excluding hydrogens is 359 g/mol. The lowest BCUT2D eigenvalue weighted by Gasteiger charge is -2.30. The highest BCUT2D eigenvalue weighted by molar-refractivity contribution is 5.90. The molecule has 0 radical (unpaired) electrons. The third-order valence-electron chi connectivity index (χ3n) is 4.67. The molecule has 1 aliphatic rings. The predicted octanol–water partition coefficient (Wildman–Crippen LogP) is 4.35. The second-order valence-corrected chi connectivity index (χ2v) is 6.90. The number of rotatable bonds is 7. The van der Waals surface area contributed by atoms with Gasteiger partial charge in [0.2, 0.25) is 0 Å². The third-order valence-corrected chi connectivity index (χ3v) is 4.67. The molecule has 2 rings (SSSR count). The van der Waals surface area contributed by atoms with Crippen LogP contribution < -0.4 is 15.4 Å². The maximum atomic E-state index is 13.2. The molecule has 1 saturated heterocycles. The van der Waals surface area contributed by atoms with Crippen LogP contribution in [-0.4, -0.2) is 43.7 Å². The number of ether oxygens (including phenoxy) is 1. The van der Waals surface area contributed by atoms with Crippen LogP contribution in [0.25, 0.3) is 0 Å². The van der Waals surface area contributed by atoms with Crippen molar-refractivity contribution in [3.05, 3.63) is 23.8 Å². The number of carbonyl (C=O) groups excluding carboxylic acids is 1. The summed E-state index contributed by atoms with van der Waals surface area (Å²) in [5.74, 6) is 0.883. The summed E-state index contributed by atoms with van der Waals surface area (Å²) in [5.41, 5.74) is -1.21. The lowest BCUT2D eigenvalue weighted by atomic mass is 9.99. The molecule has 0 unspecified atom stereocenters. The van der Waals surface area contributed by atoms with E-state index in [4.69, 9.17) is 4.74 Å². The van der Waals surface area contributed by atoms with Gasteiger partial charge in [0.05, 0.1) is 17.9 Å². The van der Waals surface area contributed by atoms with Gasteiger partial charge >= 0.3 is 12.2 Å². The van der Waals surface area contributed by atoms with E-state index >= 15 is 0 Å². The van der Waals surface area contributed by atoms with Crippen molar-refractivity contribution < 1.29 is 22.7 Å². The summed E-state index contributed by atoms with van der Waals surface area (Å²) < 4.78 is 44.8. The molecule has 1 aromatic rings. The van der Waals surface area contributed by atoms with Crippen LogP contribution in [0.1, 0.15) is 38.7 Å². The van der Waals surface area contributed by atoms with E-state index in [9.17, 15) is 18.0 Å². The van der Waals surface area contributed by atoms with E-state index in [1.807, 2.05) is 0 Å².